The van der Waals surface area contributed by atoms with Crippen molar-refractivity contribution in [3.63, 3.8) is 0 Å². The van der Waals surface area contributed by atoms with E-state index >= 15 is 0 Å². The molecule has 0 fully saturated rings. The molecule has 0 aliphatic heterocycles. The summed E-state index contributed by atoms with van der Waals surface area (Å²) in [5.74, 6) is 1.07. The fourth-order valence-corrected chi connectivity index (χ4v) is 2.66. The molecule has 0 unspecified atom stereocenters. The van der Waals surface area contributed by atoms with E-state index in [-0.39, 0.29) is 12.3 Å². The number of rotatable bonds is 6. The first-order valence-electron chi connectivity index (χ1n) is 6.77. The number of halogens is 1. The lowest BCUT2D eigenvalue weighted by molar-refractivity contribution is -0.384. The van der Waals surface area contributed by atoms with Crippen LogP contribution in [0, 0.1) is 25.0 Å². The van der Waals surface area contributed by atoms with Crippen LogP contribution in [0.15, 0.2) is 36.4 Å². The van der Waals surface area contributed by atoms with E-state index in [9.17, 15) is 10.1 Å². The fourth-order valence-electron chi connectivity index (χ4n) is 1.90. The Morgan fingerprint density at radius 2 is 1.96 bits per heavy atom. The minimum atomic E-state index is -0.443. The number of hydrogen-bond donors (Lipinski definition) is 0. The molecule has 0 aromatic heterocycles. The molecule has 7 heteroatoms. The van der Waals surface area contributed by atoms with Crippen LogP contribution in [-0.4, -0.2) is 11.5 Å². The number of ether oxygens (including phenoxy) is 2. The molecular formula is C16H13IN2O4. The van der Waals surface area contributed by atoms with Crippen LogP contribution in [-0.2, 0) is 6.61 Å². The summed E-state index contributed by atoms with van der Waals surface area (Å²) in [6, 6.07) is 11.6. The SMILES string of the molecule is CCOc1cc(C#N)cc(I)c1OCc1ccc([N+](=O)[O-])cc1. The van der Waals surface area contributed by atoms with Crippen LogP contribution in [0.4, 0.5) is 5.69 Å². The van der Waals surface area contributed by atoms with E-state index in [1.54, 1.807) is 24.3 Å². The van der Waals surface area contributed by atoms with Crippen LogP contribution in [0.5, 0.6) is 11.5 Å². The lowest BCUT2D eigenvalue weighted by Crippen LogP contribution is -2.02. The molecule has 118 valence electrons. The topological polar surface area (TPSA) is 85.4 Å². The van der Waals surface area contributed by atoms with Gasteiger partial charge in [-0.15, -0.1) is 0 Å². The normalized spacial score (nSPS) is 9.96. The highest BCUT2D eigenvalue weighted by Crippen LogP contribution is 2.34. The van der Waals surface area contributed by atoms with Gasteiger partial charge in [0.25, 0.3) is 5.69 Å². The Labute approximate surface area is 146 Å². The van der Waals surface area contributed by atoms with Crippen molar-refractivity contribution in [1.29, 1.82) is 5.26 Å². The Balaban J connectivity index is 2.19. The van der Waals surface area contributed by atoms with Gasteiger partial charge in [-0.3, -0.25) is 10.1 Å². The fraction of sp³-hybridized carbons (Fsp3) is 0.188. The molecule has 0 saturated carbocycles. The molecule has 0 atom stereocenters. The van der Waals surface area contributed by atoms with E-state index in [0.717, 1.165) is 9.13 Å². The van der Waals surface area contributed by atoms with Crippen LogP contribution in [0.25, 0.3) is 0 Å². The number of benzene rings is 2. The van der Waals surface area contributed by atoms with Gasteiger partial charge in [-0.2, -0.15) is 5.26 Å². The Hall–Kier alpha value is -2.34. The van der Waals surface area contributed by atoms with Gasteiger partial charge in [0.15, 0.2) is 11.5 Å². The molecule has 0 aliphatic carbocycles. The Kier molecular flexibility index (Phi) is 5.76. The maximum atomic E-state index is 10.6. The van der Waals surface area contributed by atoms with Crippen LogP contribution in [0.2, 0.25) is 0 Å². The first-order valence-corrected chi connectivity index (χ1v) is 7.85. The third-order valence-electron chi connectivity index (χ3n) is 2.97. The molecular weight excluding hydrogens is 411 g/mol. The second-order valence-corrected chi connectivity index (χ2v) is 5.70. The van der Waals surface area contributed by atoms with Crippen molar-refractivity contribution in [1.82, 2.24) is 0 Å². The maximum Gasteiger partial charge on any atom is 0.269 e. The lowest BCUT2D eigenvalue weighted by atomic mass is 10.2. The molecule has 0 N–H and O–H groups in total. The van der Waals surface area contributed by atoms with Crippen LogP contribution in [0.3, 0.4) is 0 Å². The summed E-state index contributed by atoms with van der Waals surface area (Å²) in [5.41, 5.74) is 1.34. The first-order chi connectivity index (χ1) is 11.0. The molecule has 0 aliphatic rings. The smallest absolute Gasteiger partial charge is 0.269 e. The predicted molar refractivity (Wildman–Crippen MR) is 92.5 cm³/mol. The van der Waals surface area contributed by atoms with Gasteiger partial charge >= 0.3 is 0 Å². The van der Waals surface area contributed by atoms with Crippen molar-refractivity contribution >= 4 is 28.3 Å². The van der Waals surface area contributed by atoms with Gasteiger partial charge in [-0.1, -0.05) is 0 Å². The van der Waals surface area contributed by atoms with Crippen LogP contribution < -0.4 is 9.47 Å². The van der Waals surface area contributed by atoms with Gasteiger partial charge in [0.05, 0.1) is 26.7 Å². The summed E-state index contributed by atoms with van der Waals surface area (Å²) in [6.07, 6.45) is 0. The summed E-state index contributed by atoms with van der Waals surface area (Å²) in [6.45, 7) is 2.56. The minimum Gasteiger partial charge on any atom is -0.490 e. The molecule has 0 spiro atoms. The molecule has 2 aromatic rings. The summed E-state index contributed by atoms with van der Waals surface area (Å²) in [7, 11) is 0. The van der Waals surface area contributed by atoms with E-state index < -0.39 is 4.92 Å². The second kappa shape index (κ2) is 7.78. The average molecular weight is 424 g/mol. The largest absolute Gasteiger partial charge is 0.490 e. The van der Waals surface area contributed by atoms with Crippen molar-refractivity contribution in [2.45, 2.75) is 13.5 Å². The van der Waals surface area contributed by atoms with E-state index in [0.29, 0.717) is 23.7 Å². The maximum absolute atomic E-state index is 10.6. The Bertz CT molecular complexity index is 754. The van der Waals surface area contributed by atoms with E-state index in [1.807, 2.05) is 6.92 Å². The average Bonchev–Trinajstić information content (AvgIpc) is 2.54. The number of non-ortho nitro benzene ring substituents is 1. The number of nitro benzene ring substituents is 1. The summed E-state index contributed by atoms with van der Waals surface area (Å²) < 4.78 is 12.1. The zero-order valence-electron chi connectivity index (χ0n) is 12.3. The van der Waals surface area contributed by atoms with Gasteiger partial charge in [0.1, 0.15) is 6.61 Å². The molecule has 2 aromatic carbocycles. The van der Waals surface area contributed by atoms with Crippen molar-refractivity contribution in [2.24, 2.45) is 0 Å². The van der Waals surface area contributed by atoms with E-state index in [1.165, 1.54) is 12.1 Å². The third kappa shape index (κ3) is 4.32. The lowest BCUT2D eigenvalue weighted by Gasteiger charge is -2.14. The summed E-state index contributed by atoms with van der Waals surface area (Å²) in [4.78, 5) is 10.2. The number of hydrogen-bond acceptors (Lipinski definition) is 5. The molecule has 2 rings (SSSR count). The van der Waals surface area contributed by atoms with Crippen molar-refractivity contribution in [3.05, 3.63) is 61.2 Å². The van der Waals surface area contributed by atoms with Gasteiger partial charge in [0, 0.05) is 18.2 Å². The minimum absolute atomic E-state index is 0.0386. The summed E-state index contributed by atoms with van der Waals surface area (Å²) in [5, 5.41) is 19.7. The van der Waals surface area contributed by atoms with Crippen molar-refractivity contribution in [2.75, 3.05) is 6.61 Å². The predicted octanol–water partition coefficient (Wildman–Crippen LogP) is 4.05. The highest BCUT2D eigenvalue weighted by Gasteiger charge is 2.13. The van der Waals surface area contributed by atoms with Crippen LogP contribution in [0.1, 0.15) is 18.1 Å². The van der Waals surface area contributed by atoms with Gasteiger partial charge < -0.3 is 9.47 Å². The number of nitrogens with zero attached hydrogens (tertiary/aromatic N) is 2. The van der Waals surface area contributed by atoms with Gasteiger partial charge in [-0.05, 0) is 53.3 Å². The standard InChI is InChI=1S/C16H13IN2O4/c1-2-22-15-8-12(9-18)7-14(17)16(15)23-10-11-3-5-13(6-4-11)19(20)21/h3-8H,2,10H2,1H3. The third-order valence-corrected chi connectivity index (χ3v) is 3.77. The van der Waals surface area contributed by atoms with E-state index in [2.05, 4.69) is 28.7 Å². The quantitative estimate of drug-likeness (QED) is 0.397. The van der Waals surface area contributed by atoms with Gasteiger partial charge in [-0.25, -0.2) is 0 Å². The molecule has 0 bridgehead atoms. The highest BCUT2D eigenvalue weighted by molar-refractivity contribution is 14.1. The first kappa shape index (κ1) is 17.0. The number of nitriles is 1. The molecule has 0 saturated heterocycles. The summed E-state index contributed by atoms with van der Waals surface area (Å²) >= 11 is 2.09. The van der Waals surface area contributed by atoms with Gasteiger partial charge in [0.2, 0.25) is 0 Å². The Morgan fingerprint density at radius 1 is 1.26 bits per heavy atom. The molecule has 23 heavy (non-hydrogen) atoms. The molecule has 0 radical (unpaired) electrons. The molecule has 6 nitrogen and oxygen atoms in total. The highest BCUT2D eigenvalue weighted by atomic mass is 127. The Morgan fingerprint density at radius 3 is 2.52 bits per heavy atom. The zero-order valence-corrected chi connectivity index (χ0v) is 14.4. The van der Waals surface area contributed by atoms with Crippen LogP contribution >= 0.6 is 22.6 Å². The monoisotopic (exact) mass is 424 g/mol. The zero-order chi connectivity index (χ0) is 16.8. The van der Waals surface area contributed by atoms with Crippen molar-refractivity contribution in [3.8, 4) is 17.6 Å². The van der Waals surface area contributed by atoms with E-state index in [4.69, 9.17) is 14.7 Å². The molecule has 0 amide bonds. The van der Waals surface area contributed by atoms with Crippen molar-refractivity contribution < 1.29 is 14.4 Å². The second-order valence-electron chi connectivity index (χ2n) is 4.54. The number of nitro groups is 1. The molecule has 0 heterocycles.